The van der Waals surface area contributed by atoms with Crippen LogP contribution in [0.1, 0.15) is 34.8 Å². The van der Waals surface area contributed by atoms with Gasteiger partial charge >= 0.3 is 0 Å². The highest BCUT2D eigenvalue weighted by molar-refractivity contribution is 5.94. The molecule has 3 aromatic heterocycles. The lowest BCUT2D eigenvalue weighted by Gasteiger charge is -2.24. The van der Waals surface area contributed by atoms with Crippen LogP contribution in [0.3, 0.4) is 0 Å². The molecular weight excluding hydrogens is 266 g/mol. The molecule has 6 nitrogen and oxygen atoms in total. The van der Waals surface area contributed by atoms with E-state index in [4.69, 9.17) is 0 Å². The Morgan fingerprint density at radius 1 is 1.33 bits per heavy atom. The van der Waals surface area contributed by atoms with Crippen LogP contribution in [-0.2, 0) is 0 Å². The minimum atomic E-state index is 0.0642. The van der Waals surface area contributed by atoms with E-state index in [1.807, 2.05) is 33.8 Å². The number of nitrogens with zero attached hydrogens (tertiary/aromatic N) is 4. The topological polar surface area (TPSA) is 66.3 Å². The summed E-state index contributed by atoms with van der Waals surface area (Å²) in [5.41, 5.74) is 2.75. The second-order valence-corrected chi connectivity index (χ2v) is 5.33. The summed E-state index contributed by atoms with van der Waals surface area (Å²) < 4.78 is 1.87. The van der Waals surface area contributed by atoms with E-state index in [-0.39, 0.29) is 11.9 Å². The van der Waals surface area contributed by atoms with E-state index in [1.54, 1.807) is 18.7 Å². The van der Waals surface area contributed by atoms with E-state index in [2.05, 4.69) is 15.2 Å². The fourth-order valence-corrected chi connectivity index (χ4v) is 3.01. The van der Waals surface area contributed by atoms with Crippen LogP contribution in [0.5, 0.6) is 0 Å². The molecule has 0 aliphatic carbocycles. The van der Waals surface area contributed by atoms with Gasteiger partial charge in [-0.15, -0.1) is 0 Å². The predicted octanol–water partition coefficient (Wildman–Crippen LogP) is 2.03. The van der Waals surface area contributed by atoms with Crippen molar-refractivity contribution in [2.24, 2.45) is 0 Å². The Morgan fingerprint density at radius 2 is 2.29 bits per heavy atom. The van der Waals surface area contributed by atoms with Crippen molar-refractivity contribution in [3.05, 3.63) is 54.4 Å². The second-order valence-electron chi connectivity index (χ2n) is 5.33. The van der Waals surface area contributed by atoms with Crippen molar-refractivity contribution in [1.29, 1.82) is 0 Å². The van der Waals surface area contributed by atoms with Gasteiger partial charge < -0.3 is 9.30 Å². The fraction of sp³-hybridized carbons (Fsp3) is 0.267. The lowest BCUT2D eigenvalue weighted by atomic mass is 10.1. The molecule has 21 heavy (non-hydrogen) atoms. The maximum atomic E-state index is 12.8. The zero-order chi connectivity index (χ0) is 14.2. The monoisotopic (exact) mass is 281 g/mol. The van der Waals surface area contributed by atoms with Crippen LogP contribution >= 0.6 is 0 Å². The molecule has 0 aromatic carbocycles. The molecule has 1 N–H and O–H groups in total. The highest BCUT2D eigenvalue weighted by Crippen LogP contribution is 2.32. The van der Waals surface area contributed by atoms with Gasteiger partial charge in [0.2, 0.25) is 0 Å². The van der Waals surface area contributed by atoms with Gasteiger partial charge in [-0.3, -0.25) is 9.89 Å². The number of carbonyl (C=O) groups is 1. The lowest BCUT2D eigenvalue weighted by molar-refractivity contribution is 0.0735. The number of likely N-dealkylation sites (tertiary alicyclic amines) is 1. The number of carbonyl (C=O) groups excluding carboxylic acids is 1. The first-order valence-electron chi connectivity index (χ1n) is 7.04. The molecule has 1 aliphatic heterocycles. The normalized spacial score (nSPS) is 18.5. The molecule has 1 aliphatic rings. The molecule has 0 bridgehead atoms. The van der Waals surface area contributed by atoms with E-state index in [0.717, 1.165) is 30.5 Å². The Kier molecular flexibility index (Phi) is 2.73. The van der Waals surface area contributed by atoms with Crippen LogP contribution in [0.2, 0.25) is 0 Å². The van der Waals surface area contributed by atoms with Crippen molar-refractivity contribution in [3.8, 4) is 0 Å². The number of nitrogens with one attached hydrogen (secondary N) is 1. The first-order valence-corrected chi connectivity index (χ1v) is 7.04. The average molecular weight is 281 g/mol. The number of pyridine rings is 1. The van der Waals surface area contributed by atoms with Crippen molar-refractivity contribution in [2.45, 2.75) is 18.9 Å². The van der Waals surface area contributed by atoms with Gasteiger partial charge in [0.25, 0.3) is 5.91 Å². The summed E-state index contributed by atoms with van der Waals surface area (Å²) in [6, 6.07) is 3.91. The zero-order valence-electron chi connectivity index (χ0n) is 11.4. The highest BCUT2D eigenvalue weighted by Gasteiger charge is 2.31. The van der Waals surface area contributed by atoms with Gasteiger partial charge in [-0.05, 0) is 25.0 Å². The third kappa shape index (κ3) is 1.99. The Balaban J connectivity index is 1.66. The van der Waals surface area contributed by atoms with Crippen molar-refractivity contribution in [3.63, 3.8) is 0 Å². The van der Waals surface area contributed by atoms with Gasteiger partial charge in [0.15, 0.2) is 0 Å². The van der Waals surface area contributed by atoms with Crippen molar-refractivity contribution < 1.29 is 4.79 Å². The summed E-state index contributed by atoms with van der Waals surface area (Å²) in [5, 5.41) is 6.82. The van der Waals surface area contributed by atoms with E-state index in [0.29, 0.717) is 5.56 Å². The van der Waals surface area contributed by atoms with Gasteiger partial charge in [0.05, 0.1) is 35.8 Å². The molecule has 0 radical (unpaired) electrons. The molecule has 6 heteroatoms. The van der Waals surface area contributed by atoms with Crippen LogP contribution in [0.4, 0.5) is 0 Å². The molecule has 106 valence electrons. The molecule has 1 amide bonds. The minimum Gasteiger partial charge on any atom is -0.331 e. The largest absolute Gasteiger partial charge is 0.331 e. The van der Waals surface area contributed by atoms with E-state index in [9.17, 15) is 4.79 Å². The molecular formula is C15H15N5O. The van der Waals surface area contributed by atoms with Crippen LogP contribution < -0.4 is 0 Å². The predicted molar refractivity (Wildman–Crippen MR) is 76.8 cm³/mol. The number of aromatic nitrogens is 4. The van der Waals surface area contributed by atoms with Crippen molar-refractivity contribution >= 4 is 11.4 Å². The molecule has 1 atom stereocenters. The van der Waals surface area contributed by atoms with Crippen LogP contribution in [0.15, 0.2) is 43.2 Å². The maximum absolute atomic E-state index is 12.8. The number of H-pyrrole nitrogens is 1. The Hall–Kier alpha value is -2.63. The number of hydrogen-bond acceptors (Lipinski definition) is 3. The molecule has 0 spiro atoms. The number of fused-ring (bicyclic) bond motifs is 1. The van der Waals surface area contributed by atoms with Crippen molar-refractivity contribution in [2.75, 3.05) is 6.54 Å². The first-order chi connectivity index (χ1) is 10.3. The number of imidazole rings is 1. The SMILES string of the molecule is O=C(c1ccc2cncn2c1)N1CCCC1c1cn[nH]c1. The molecule has 1 saturated heterocycles. The molecule has 3 aromatic rings. The highest BCUT2D eigenvalue weighted by atomic mass is 16.2. The van der Waals surface area contributed by atoms with E-state index >= 15 is 0 Å². The van der Waals surface area contributed by atoms with E-state index in [1.165, 1.54) is 0 Å². The van der Waals surface area contributed by atoms with Gasteiger partial charge in [0, 0.05) is 24.5 Å². The molecule has 1 fully saturated rings. The Morgan fingerprint density at radius 3 is 3.14 bits per heavy atom. The van der Waals surface area contributed by atoms with Gasteiger partial charge in [-0.1, -0.05) is 0 Å². The number of amides is 1. The molecule has 0 saturated carbocycles. The fourth-order valence-electron chi connectivity index (χ4n) is 3.01. The van der Waals surface area contributed by atoms with Crippen molar-refractivity contribution in [1.82, 2.24) is 24.5 Å². The van der Waals surface area contributed by atoms with Gasteiger partial charge in [0.1, 0.15) is 0 Å². The summed E-state index contributed by atoms with van der Waals surface area (Å²) in [6.45, 7) is 0.788. The summed E-state index contributed by atoms with van der Waals surface area (Å²) in [6.07, 6.45) is 11.0. The third-order valence-corrected chi connectivity index (χ3v) is 4.07. The van der Waals surface area contributed by atoms with Crippen LogP contribution in [0.25, 0.3) is 5.52 Å². The quantitative estimate of drug-likeness (QED) is 0.781. The summed E-state index contributed by atoms with van der Waals surface area (Å²) in [4.78, 5) is 18.8. The summed E-state index contributed by atoms with van der Waals surface area (Å²) >= 11 is 0. The smallest absolute Gasteiger partial charge is 0.255 e. The molecule has 1 unspecified atom stereocenters. The maximum Gasteiger partial charge on any atom is 0.255 e. The number of aromatic amines is 1. The van der Waals surface area contributed by atoms with Gasteiger partial charge in [-0.2, -0.15) is 5.10 Å². The van der Waals surface area contributed by atoms with Crippen LogP contribution in [0, 0.1) is 0 Å². The molecule has 4 rings (SSSR count). The zero-order valence-corrected chi connectivity index (χ0v) is 11.4. The van der Waals surface area contributed by atoms with E-state index < -0.39 is 0 Å². The third-order valence-electron chi connectivity index (χ3n) is 4.07. The Bertz CT molecular complexity index is 776. The lowest BCUT2D eigenvalue weighted by Crippen LogP contribution is -2.30. The minimum absolute atomic E-state index is 0.0642. The standard InChI is InChI=1S/C15H15N5O/c21-15(11-3-4-13-8-16-10-19(13)9-11)20-5-1-2-14(20)12-6-17-18-7-12/h3-4,6-10,14H,1-2,5H2,(H,17,18). The average Bonchev–Trinajstić information content (AvgIpc) is 3.24. The number of hydrogen-bond donors (Lipinski definition) is 1. The number of rotatable bonds is 2. The summed E-state index contributed by atoms with van der Waals surface area (Å²) in [5.74, 6) is 0.0642. The Labute approximate surface area is 121 Å². The second kappa shape index (κ2) is 4.73. The molecule has 4 heterocycles. The van der Waals surface area contributed by atoms with Crippen LogP contribution in [-0.4, -0.2) is 36.9 Å². The first kappa shape index (κ1) is 12.1. The van der Waals surface area contributed by atoms with Gasteiger partial charge in [-0.25, -0.2) is 4.98 Å². The summed E-state index contributed by atoms with van der Waals surface area (Å²) in [7, 11) is 0.